The molecule has 0 aromatic heterocycles. The molecule has 0 spiro atoms. The molecular weight excluding hydrogens is 306 g/mol. The second kappa shape index (κ2) is 8.29. The number of nitrogens with one attached hydrogen (secondary N) is 1. The van der Waals surface area contributed by atoms with Gasteiger partial charge in [0.15, 0.2) is 0 Å². The molecule has 0 aliphatic rings. The Balaban J connectivity index is 1.73. The molecule has 2 nitrogen and oxygen atoms in total. The molecular formula is C23H23NO. The highest BCUT2D eigenvalue weighted by Crippen LogP contribution is 2.22. The van der Waals surface area contributed by atoms with Crippen molar-refractivity contribution in [3.8, 4) is 0 Å². The van der Waals surface area contributed by atoms with Crippen LogP contribution in [0.5, 0.6) is 0 Å². The molecule has 1 unspecified atom stereocenters. The molecule has 1 N–H and O–H groups in total. The van der Waals surface area contributed by atoms with Crippen LogP contribution in [0.1, 0.15) is 34.7 Å². The zero-order valence-corrected chi connectivity index (χ0v) is 14.5. The van der Waals surface area contributed by atoms with Gasteiger partial charge in [0.05, 0.1) is 6.04 Å². The van der Waals surface area contributed by atoms with Crippen molar-refractivity contribution in [2.75, 3.05) is 0 Å². The summed E-state index contributed by atoms with van der Waals surface area (Å²) in [4.78, 5) is 12.5. The third-order valence-corrected chi connectivity index (χ3v) is 4.33. The van der Waals surface area contributed by atoms with E-state index in [0.717, 1.165) is 17.5 Å². The average molecular weight is 329 g/mol. The zero-order chi connectivity index (χ0) is 17.5. The molecule has 2 heteroatoms. The lowest BCUT2D eigenvalue weighted by atomic mass is 9.97. The monoisotopic (exact) mass is 329 g/mol. The molecule has 1 amide bonds. The minimum absolute atomic E-state index is 0.0679. The van der Waals surface area contributed by atoms with Gasteiger partial charge in [-0.3, -0.25) is 4.79 Å². The number of amides is 1. The van der Waals surface area contributed by atoms with Crippen molar-refractivity contribution in [1.29, 1.82) is 0 Å². The van der Waals surface area contributed by atoms with Crippen molar-refractivity contribution in [3.05, 3.63) is 107 Å². The van der Waals surface area contributed by atoms with Gasteiger partial charge in [0.2, 0.25) is 5.91 Å². The second-order valence-electron chi connectivity index (χ2n) is 6.31. The minimum atomic E-state index is -0.120. The highest BCUT2D eigenvalue weighted by atomic mass is 16.1. The quantitative estimate of drug-likeness (QED) is 0.689. The summed E-state index contributed by atoms with van der Waals surface area (Å²) in [6, 6.07) is 28.5. The summed E-state index contributed by atoms with van der Waals surface area (Å²) in [5, 5.41) is 3.20. The maximum atomic E-state index is 12.5. The Hall–Kier alpha value is -2.87. The van der Waals surface area contributed by atoms with Gasteiger partial charge in [-0.05, 0) is 30.0 Å². The van der Waals surface area contributed by atoms with E-state index in [-0.39, 0.29) is 11.9 Å². The van der Waals surface area contributed by atoms with Crippen LogP contribution in [0.25, 0.3) is 0 Å². The number of hydrogen-bond donors (Lipinski definition) is 1. The number of aryl methyl sites for hydroxylation is 2. The molecule has 0 heterocycles. The van der Waals surface area contributed by atoms with E-state index < -0.39 is 0 Å². The Kier molecular flexibility index (Phi) is 5.63. The van der Waals surface area contributed by atoms with Crippen LogP contribution in [-0.4, -0.2) is 5.91 Å². The van der Waals surface area contributed by atoms with E-state index in [1.54, 1.807) is 0 Å². The van der Waals surface area contributed by atoms with Gasteiger partial charge in [-0.2, -0.15) is 0 Å². The van der Waals surface area contributed by atoms with Gasteiger partial charge in [0.25, 0.3) is 0 Å². The van der Waals surface area contributed by atoms with E-state index in [4.69, 9.17) is 0 Å². The first-order chi connectivity index (χ1) is 12.2. The average Bonchev–Trinajstić information content (AvgIpc) is 2.67. The molecule has 0 aliphatic carbocycles. The van der Waals surface area contributed by atoms with Crippen LogP contribution < -0.4 is 5.32 Å². The summed E-state index contributed by atoms with van der Waals surface area (Å²) in [5.74, 6) is 0.0679. The number of carbonyl (C=O) groups excluding carboxylic acids is 1. The van der Waals surface area contributed by atoms with Crippen LogP contribution in [0.15, 0.2) is 84.9 Å². The van der Waals surface area contributed by atoms with Gasteiger partial charge in [-0.1, -0.05) is 90.5 Å². The number of hydrogen-bond acceptors (Lipinski definition) is 1. The predicted octanol–water partition coefficient (Wildman–Crippen LogP) is 4.83. The maximum Gasteiger partial charge on any atom is 0.221 e. The first-order valence-corrected chi connectivity index (χ1v) is 8.67. The summed E-state index contributed by atoms with van der Waals surface area (Å²) >= 11 is 0. The SMILES string of the molecule is Cc1ccc(C(NC(=O)CCc2ccccc2)c2ccccc2)cc1. The molecule has 1 atom stereocenters. The van der Waals surface area contributed by atoms with Gasteiger partial charge in [-0.25, -0.2) is 0 Å². The van der Waals surface area contributed by atoms with E-state index in [2.05, 4.69) is 60.8 Å². The van der Waals surface area contributed by atoms with E-state index in [0.29, 0.717) is 6.42 Å². The van der Waals surface area contributed by atoms with Crippen LogP contribution in [0.3, 0.4) is 0 Å². The molecule has 0 radical (unpaired) electrons. The molecule has 25 heavy (non-hydrogen) atoms. The number of rotatable bonds is 6. The molecule has 0 fully saturated rings. The summed E-state index contributed by atoms with van der Waals surface area (Å²) in [6.45, 7) is 2.07. The fraction of sp³-hybridized carbons (Fsp3) is 0.174. The van der Waals surface area contributed by atoms with Crippen molar-refractivity contribution in [2.24, 2.45) is 0 Å². The lowest BCUT2D eigenvalue weighted by Crippen LogP contribution is -2.29. The molecule has 0 bridgehead atoms. The van der Waals surface area contributed by atoms with E-state index in [9.17, 15) is 4.79 Å². The maximum absolute atomic E-state index is 12.5. The molecule has 0 aliphatic heterocycles. The molecule has 3 aromatic rings. The van der Waals surface area contributed by atoms with Gasteiger partial charge < -0.3 is 5.32 Å². The Labute approximate surface area is 149 Å². The molecule has 126 valence electrons. The minimum Gasteiger partial charge on any atom is -0.345 e. The first-order valence-electron chi connectivity index (χ1n) is 8.67. The fourth-order valence-electron chi connectivity index (χ4n) is 2.90. The first kappa shape index (κ1) is 17.0. The van der Waals surface area contributed by atoms with Crippen LogP contribution in [0, 0.1) is 6.92 Å². The third-order valence-electron chi connectivity index (χ3n) is 4.33. The Morgan fingerprint density at radius 3 is 2.00 bits per heavy atom. The van der Waals surface area contributed by atoms with E-state index >= 15 is 0 Å². The third kappa shape index (κ3) is 4.80. The van der Waals surface area contributed by atoms with Crippen molar-refractivity contribution in [2.45, 2.75) is 25.8 Å². The second-order valence-corrected chi connectivity index (χ2v) is 6.31. The highest BCUT2D eigenvalue weighted by Gasteiger charge is 2.16. The Bertz CT molecular complexity index is 795. The topological polar surface area (TPSA) is 29.1 Å². The summed E-state index contributed by atoms with van der Waals surface area (Å²) in [6.07, 6.45) is 1.24. The molecule has 0 saturated heterocycles. The van der Waals surface area contributed by atoms with Gasteiger partial charge in [-0.15, -0.1) is 0 Å². The smallest absolute Gasteiger partial charge is 0.221 e. The predicted molar refractivity (Wildman–Crippen MR) is 102 cm³/mol. The van der Waals surface area contributed by atoms with Crippen LogP contribution in [-0.2, 0) is 11.2 Å². The van der Waals surface area contributed by atoms with Crippen LogP contribution in [0.2, 0.25) is 0 Å². The zero-order valence-electron chi connectivity index (χ0n) is 14.5. The lowest BCUT2D eigenvalue weighted by Gasteiger charge is -2.20. The normalized spacial score (nSPS) is 11.7. The van der Waals surface area contributed by atoms with Crippen LogP contribution >= 0.6 is 0 Å². The Morgan fingerprint density at radius 2 is 1.36 bits per heavy atom. The van der Waals surface area contributed by atoms with Gasteiger partial charge in [0.1, 0.15) is 0 Å². The molecule has 3 rings (SSSR count). The van der Waals surface area contributed by atoms with Gasteiger partial charge in [0, 0.05) is 6.42 Å². The standard InChI is InChI=1S/C23H23NO/c1-18-12-15-21(16-13-18)23(20-10-6-3-7-11-20)24-22(25)17-14-19-8-4-2-5-9-19/h2-13,15-16,23H,14,17H2,1H3,(H,24,25). The summed E-state index contributed by atoms with van der Waals surface area (Å²) in [7, 11) is 0. The van der Waals surface area contributed by atoms with Crippen molar-refractivity contribution < 1.29 is 4.79 Å². The molecule has 3 aromatic carbocycles. The highest BCUT2D eigenvalue weighted by molar-refractivity contribution is 5.77. The van der Waals surface area contributed by atoms with Gasteiger partial charge >= 0.3 is 0 Å². The fourth-order valence-corrected chi connectivity index (χ4v) is 2.90. The molecule has 0 saturated carbocycles. The lowest BCUT2D eigenvalue weighted by molar-refractivity contribution is -0.121. The summed E-state index contributed by atoms with van der Waals surface area (Å²) < 4.78 is 0. The Morgan fingerprint density at radius 1 is 0.800 bits per heavy atom. The van der Waals surface area contributed by atoms with Crippen molar-refractivity contribution >= 4 is 5.91 Å². The van der Waals surface area contributed by atoms with E-state index in [1.807, 2.05) is 36.4 Å². The number of benzene rings is 3. The summed E-state index contributed by atoms with van der Waals surface area (Å²) in [5.41, 5.74) is 4.60. The largest absolute Gasteiger partial charge is 0.345 e. The van der Waals surface area contributed by atoms with Crippen molar-refractivity contribution in [3.63, 3.8) is 0 Å². The van der Waals surface area contributed by atoms with Crippen molar-refractivity contribution in [1.82, 2.24) is 5.32 Å². The van der Waals surface area contributed by atoms with E-state index in [1.165, 1.54) is 11.1 Å². The number of carbonyl (C=O) groups is 1. The van der Waals surface area contributed by atoms with Crippen LogP contribution in [0.4, 0.5) is 0 Å².